The Morgan fingerprint density at radius 3 is 2.55 bits per heavy atom. The highest BCUT2D eigenvalue weighted by molar-refractivity contribution is 6.30. The van der Waals surface area contributed by atoms with Crippen LogP contribution >= 0.6 is 11.6 Å². The van der Waals surface area contributed by atoms with Crippen molar-refractivity contribution in [2.45, 2.75) is 13.2 Å². The van der Waals surface area contributed by atoms with Crippen molar-refractivity contribution in [2.75, 3.05) is 31.1 Å². The highest BCUT2D eigenvalue weighted by Gasteiger charge is 2.19. The zero-order valence-corrected chi connectivity index (χ0v) is 18.8. The summed E-state index contributed by atoms with van der Waals surface area (Å²) in [5, 5.41) is 8.58. The zero-order chi connectivity index (χ0) is 22.5. The van der Waals surface area contributed by atoms with Crippen LogP contribution in [0.4, 0.5) is 5.82 Å². The largest absolute Gasteiger partial charge is 0.472 e. The Labute approximate surface area is 197 Å². The second kappa shape index (κ2) is 9.97. The van der Waals surface area contributed by atoms with Crippen LogP contribution in [-0.2, 0) is 13.2 Å². The number of anilines is 1. The summed E-state index contributed by atoms with van der Waals surface area (Å²) in [5.74, 6) is 1.36. The van der Waals surface area contributed by atoms with Gasteiger partial charge < -0.3 is 9.64 Å². The van der Waals surface area contributed by atoms with Gasteiger partial charge in [0.2, 0.25) is 5.88 Å². The van der Waals surface area contributed by atoms with Gasteiger partial charge in [0, 0.05) is 37.7 Å². The van der Waals surface area contributed by atoms with Gasteiger partial charge in [-0.05, 0) is 35.4 Å². The number of benzene rings is 2. The molecule has 2 aromatic carbocycles. The summed E-state index contributed by atoms with van der Waals surface area (Å²) < 4.78 is 7.60. The van der Waals surface area contributed by atoms with E-state index in [0.29, 0.717) is 17.5 Å². The molecule has 0 unspecified atom stereocenters. The summed E-state index contributed by atoms with van der Waals surface area (Å²) in [7, 11) is 0. The minimum absolute atomic E-state index is 0.405. The van der Waals surface area contributed by atoms with Gasteiger partial charge in [0.05, 0.1) is 30.5 Å². The molecule has 0 radical (unpaired) electrons. The molecule has 5 rings (SSSR count). The van der Waals surface area contributed by atoms with Gasteiger partial charge in [0.15, 0.2) is 5.82 Å². The van der Waals surface area contributed by atoms with Gasteiger partial charge in [0.25, 0.3) is 0 Å². The number of rotatable bonds is 7. The Morgan fingerprint density at radius 1 is 0.939 bits per heavy atom. The van der Waals surface area contributed by atoms with Gasteiger partial charge >= 0.3 is 0 Å². The summed E-state index contributed by atoms with van der Waals surface area (Å²) in [6.45, 7) is 5.02. The lowest BCUT2D eigenvalue weighted by Crippen LogP contribution is -2.46. The van der Waals surface area contributed by atoms with Crippen LogP contribution < -0.4 is 9.64 Å². The van der Waals surface area contributed by atoms with E-state index < -0.39 is 0 Å². The summed E-state index contributed by atoms with van der Waals surface area (Å²) in [5.41, 5.74) is 3.29. The van der Waals surface area contributed by atoms with E-state index in [2.05, 4.69) is 54.3 Å². The number of aromatic nitrogens is 5. The van der Waals surface area contributed by atoms with E-state index in [9.17, 15) is 0 Å². The molecule has 0 atom stereocenters. The van der Waals surface area contributed by atoms with E-state index in [4.69, 9.17) is 16.3 Å². The minimum atomic E-state index is 0.405. The van der Waals surface area contributed by atoms with Crippen LogP contribution in [0.1, 0.15) is 11.1 Å². The average molecular weight is 462 g/mol. The van der Waals surface area contributed by atoms with Crippen molar-refractivity contribution in [1.29, 1.82) is 0 Å². The first-order chi connectivity index (χ1) is 16.2. The molecule has 0 bridgehead atoms. The maximum Gasteiger partial charge on any atom is 0.234 e. The molecule has 1 aliphatic heterocycles. The molecular weight excluding hydrogens is 438 g/mol. The van der Waals surface area contributed by atoms with Crippen LogP contribution in [0.5, 0.6) is 5.88 Å². The fourth-order valence-electron chi connectivity index (χ4n) is 3.84. The monoisotopic (exact) mass is 461 g/mol. The van der Waals surface area contributed by atoms with Crippen LogP contribution in [-0.4, -0.2) is 56.0 Å². The molecular formula is C24H24ClN7O. The van der Waals surface area contributed by atoms with Gasteiger partial charge in [-0.25, -0.2) is 4.68 Å². The molecule has 0 aliphatic carbocycles. The van der Waals surface area contributed by atoms with E-state index in [1.807, 2.05) is 30.5 Å². The third kappa shape index (κ3) is 5.47. The number of halogens is 1. The molecule has 1 saturated heterocycles. The molecule has 8 nitrogen and oxygen atoms in total. The van der Waals surface area contributed by atoms with Gasteiger partial charge in [-0.15, -0.1) is 5.10 Å². The number of hydrogen-bond donors (Lipinski definition) is 0. The summed E-state index contributed by atoms with van der Waals surface area (Å²) in [6, 6.07) is 16.1. The Balaban J connectivity index is 1.14. The lowest BCUT2D eigenvalue weighted by molar-refractivity contribution is 0.248. The van der Waals surface area contributed by atoms with Gasteiger partial charge in [-0.1, -0.05) is 41.1 Å². The van der Waals surface area contributed by atoms with E-state index in [-0.39, 0.29) is 0 Å². The molecule has 4 aromatic rings. The predicted octanol–water partition coefficient (Wildman–Crippen LogP) is 3.61. The van der Waals surface area contributed by atoms with Crippen LogP contribution in [0.3, 0.4) is 0 Å². The third-order valence-electron chi connectivity index (χ3n) is 5.60. The first kappa shape index (κ1) is 21.4. The van der Waals surface area contributed by atoms with E-state index in [1.54, 1.807) is 23.3 Å². The molecule has 3 heterocycles. The molecule has 2 aromatic heterocycles. The van der Waals surface area contributed by atoms with Crippen molar-refractivity contribution in [2.24, 2.45) is 0 Å². The standard InChI is InChI=1S/C24H24ClN7O/c25-21-3-1-2-20(14-21)18-33-24-16-26-15-23(28-24)31-12-10-30(11-13-31)17-19-4-6-22(7-5-19)32-9-8-27-29-32/h1-9,14-16H,10-13,17-18H2. The summed E-state index contributed by atoms with van der Waals surface area (Å²) in [4.78, 5) is 13.7. The molecule has 0 amide bonds. The molecule has 168 valence electrons. The molecule has 1 aliphatic rings. The van der Waals surface area contributed by atoms with E-state index >= 15 is 0 Å². The first-order valence-corrected chi connectivity index (χ1v) is 11.2. The van der Waals surface area contributed by atoms with Crippen LogP contribution in [0.15, 0.2) is 73.3 Å². The van der Waals surface area contributed by atoms with Crippen molar-refractivity contribution in [3.8, 4) is 11.6 Å². The topological polar surface area (TPSA) is 72.2 Å². The average Bonchev–Trinajstić information content (AvgIpc) is 3.39. The van der Waals surface area contributed by atoms with Crippen molar-refractivity contribution in [3.05, 3.63) is 89.5 Å². The van der Waals surface area contributed by atoms with Crippen LogP contribution in [0.25, 0.3) is 5.69 Å². The molecule has 9 heteroatoms. The number of piperazine rings is 1. The molecule has 33 heavy (non-hydrogen) atoms. The Morgan fingerprint density at radius 2 is 1.79 bits per heavy atom. The van der Waals surface area contributed by atoms with Crippen molar-refractivity contribution in [1.82, 2.24) is 29.9 Å². The van der Waals surface area contributed by atoms with Gasteiger partial charge in [0.1, 0.15) is 6.61 Å². The maximum absolute atomic E-state index is 6.04. The number of nitrogens with zero attached hydrogens (tertiary/aromatic N) is 7. The second-order valence-electron chi connectivity index (χ2n) is 7.91. The van der Waals surface area contributed by atoms with Crippen molar-refractivity contribution >= 4 is 17.4 Å². The minimum Gasteiger partial charge on any atom is -0.472 e. The maximum atomic E-state index is 6.04. The van der Waals surface area contributed by atoms with Crippen LogP contribution in [0.2, 0.25) is 5.02 Å². The number of ether oxygens (including phenoxy) is 1. The normalized spacial score (nSPS) is 14.4. The highest BCUT2D eigenvalue weighted by Crippen LogP contribution is 2.19. The first-order valence-electron chi connectivity index (χ1n) is 10.9. The lowest BCUT2D eigenvalue weighted by Gasteiger charge is -2.35. The Hall–Kier alpha value is -3.49. The highest BCUT2D eigenvalue weighted by atomic mass is 35.5. The Bertz CT molecular complexity index is 1180. The van der Waals surface area contributed by atoms with Crippen LogP contribution in [0, 0.1) is 0 Å². The summed E-state index contributed by atoms with van der Waals surface area (Å²) in [6.07, 6.45) is 6.96. The second-order valence-corrected chi connectivity index (χ2v) is 8.35. The fourth-order valence-corrected chi connectivity index (χ4v) is 4.05. The lowest BCUT2D eigenvalue weighted by atomic mass is 10.2. The van der Waals surface area contributed by atoms with Gasteiger partial charge in [-0.2, -0.15) is 4.98 Å². The predicted molar refractivity (Wildman–Crippen MR) is 127 cm³/mol. The Kier molecular flexibility index (Phi) is 6.46. The smallest absolute Gasteiger partial charge is 0.234 e. The van der Waals surface area contributed by atoms with E-state index in [0.717, 1.165) is 49.8 Å². The van der Waals surface area contributed by atoms with Gasteiger partial charge in [-0.3, -0.25) is 9.88 Å². The SMILES string of the molecule is Clc1cccc(COc2cncc(N3CCN(Cc4ccc(-n5ccnn5)cc4)CC3)n2)c1. The quantitative estimate of drug-likeness (QED) is 0.416. The molecule has 0 N–H and O–H groups in total. The fraction of sp³-hybridized carbons (Fsp3) is 0.250. The zero-order valence-electron chi connectivity index (χ0n) is 18.1. The van der Waals surface area contributed by atoms with E-state index in [1.165, 1.54) is 5.56 Å². The summed E-state index contributed by atoms with van der Waals surface area (Å²) >= 11 is 6.04. The molecule has 1 fully saturated rings. The van der Waals surface area contributed by atoms with Crippen molar-refractivity contribution < 1.29 is 4.74 Å². The van der Waals surface area contributed by atoms with Crippen molar-refractivity contribution in [3.63, 3.8) is 0 Å². The third-order valence-corrected chi connectivity index (χ3v) is 5.84. The molecule has 0 spiro atoms. The number of hydrogen-bond acceptors (Lipinski definition) is 7. The molecule has 0 saturated carbocycles.